The molecule has 1 aromatic rings. The van der Waals surface area contributed by atoms with Crippen molar-refractivity contribution in [2.75, 3.05) is 20.7 Å². The lowest BCUT2D eigenvalue weighted by molar-refractivity contribution is -0.148. The first-order chi connectivity index (χ1) is 11.1. The number of carboxylic acid groups (broad SMARTS) is 1. The van der Waals surface area contributed by atoms with E-state index in [1.54, 1.807) is 13.8 Å². The zero-order valence-corrected chi connectivity index (χ0v) is 14.8. The molecule has 0 aromatic heterocycles. The molecule has 0 aliphatic carbocycles. The summed E-state index contributed by atoms with van der Waals surface area (Å²) in [7, 11) is -0.902. The normalized spacial score (nSPS) is 13.1. The quantitative estimate of drug-likeness (QED) is 0.701. The standard InChI is InChI=1S/C15H22N2O6S/c1-10(2)17(3)24(21,22)12-7-5-11(6-8-12)14(18)16-9-13(23-4)15(19)20/h5-8,10,13H,9H2,1-4H3,(H,16,18)(H,19,20). The van der Waals surface area contributed by atoms with E-state index >= 15 is 0 Å². The van der Waals surface area contributed by atoms with E-state index in [4.69, 9.17) is 9.84 Å². The molecule has 134 valence electrons. The second-order valence-corrected chi connectivity index (χ2v) is 7.41. The van der Waals surface area contributed by atoms with E-state index < -0.39 is 28.0 Å². The van der Waals surface area contributed by atoms with Crippen LogP contribution in [0, 0.1) is 0 Å². The van der Waals surface area contributed by atoms with Crippen LogP contribution in [0.4, 0.5) is 0 Å². The molecule has 1 rings (SSSR count). The van der Waals surface area contributed by atoms with Crippen molar-refractivity contribution in [2.24, 2.45) is 0 Å². The number of benzene rings is 1. The number of nitrogens with one attached hydrogen (secondary N) is 1. The molecule has 0 aliphatic heterocycles. The molecule has 1 aromatic carbocycles. The number of rotatable bonds is 8. The van der Waals surface area contributed by atoms with E-state index in [-0.39, 0.29) is 23.0 Å². The highest BCUT2D eigenvalue weighted by atomic mass is 32.2. The third-order valence-electron chi connectivity index (χ3n) is 3.53. The topological polar surface area (TPSA) is 113 Å². The van der Waals surface area contributed by atoms with Gasteiger partial charge in [0.25, 0.3) is 5.91 Å². The number of hydrogen-bond acceptors (Lipinski definition) is 5. The highest BCUT2D eigenvalue weighted by molar-refractivity contribution is 7.89. The fourth-order valence-corrected chi connectivity index (χ4v) is 3.15. The smallest absolute Gasteiger partial charge is 0.334 e. The van der Waals surface area contributed by atoms with Crippen molar-refractivity contribution < 1.29 is 27.9 Å². The van der Waals surface area contributed by atoms with Gasteiger partial charge in [0, 0.05) is 25.8 Å². The van der Waals surface area contributed by atoms with Crippen LogP contribution in [0.25, 0.3) is 0 Å². The number of ether oxygens (including phenoxy) is 1. The minimum absolute atomic E-state index is 0.0792. The Morgan fingerprint density at radius 1 is 1.25 bits per heavy atom. The highest BCUT2D eigenvalue weighted by Crippen LogP contribution is 2.17. The van der Waals surface area contributed by atoms with Gasteiger partial charge in [-0.3, -0.25) is 4.79 Å². The molecular formula is C15H22N2O6S. The van der Waals surface area contributed by atoms with Gasteiger partial charge in [0.2, 0.25) is 10.0 Å². The van der Waals surface area contributed by atoms with Crippen LogP contribution in [0.2, 0.25) is 0 Å². The molecule has 0 heterocycles. The van der Waals surface area contributed by atoms with Gasteiger partial charge in [-0.05, 0) is 38.1 Å². The molecule has 0 fully saturated rings. The summed E-state index contributed by atoms with van der Waals surface area (Å²) in [5.74, 6) is -1.70. The summed E-state index contributed by atoms with van der Waals surface area (Å²) in [5.41, 5.74) is 0.224. The first kappa shape index (κ1) is 20.1. The van der Waals surface area contributed by atoms with Crippen molar-refractivity contribution in [2.45, 2.75) is 30.9 Å². The van der Waals surface area contributed by atoms with Crippen LogP contribution in [0.5, 0.6) is 0 Å². The number of carboxylic acids is 1. The number of methoxy groups -OCH3 is 1. The molecule has 0 radical (unpaired) electrons. The van der Waals surface area contributed by atoms with Crippen LogP contribution in [-0.2, 0) is 19.6 Å². The highest BCUT2D eigenvalue weighted by Gasteiger charge is 2.23. The Morgan fingerprint density at radius 2 is 1.79 bits per heavy atom. The predicted octanol–water partition coefficient (Wildman–Crippen LogP) is 0.545. The average Bonchev–Trinajstić information content (AvgIpc) is 2.54. The van der Waals surface area contributed by atoms with Gasteiger partial charge in [0.1, 0.15) is 0 Å². The third kappa shape index (κ3) is 4.76. The Hall–Kier alpha value is -1.97. The molecule has 1 atom stereocenters. The van der Waals surface area contributed by atoms with Crippen LogP contribution in [0.1, 0.15) is 24.2 Å². The third-order valence-corrected chi connectivity index (χ3v) is 5.58. The van der Waals surface area contributed by atoms with Crippen molar-refractivity contribution in [3.8, 4) is 0 Å². The fourth-order valence-electron chi connectivity index (χ4n) is 1.78. The first-order valence-corrected chi connectivity index (χ1v) is 8.67. The van der Waals surface area contributed by atoms with Crippen LogP contribution >= 0.6 is 0 Å². The Kier molecular flexibility index (Phi) is 6.88. The first-order valence-electron chi connectivity index (χ1n) is 7.23. The summed E-state index contributed by atoms with van der Waals surface area (Å²) in [6, 6.07) is 5.24. The molecule has 0 bridgehead atoms. The van der Waals surface area contributed by atoms with Gasteiger partial charge in [-0.1, -0.05) is 0 Å². The van der Waals surface area contributed by atoms with Crippen LogP contribution < -0.4 is 5.32 Å². The molecule has 0 aliphatic rings. The Bertz CT molecular complexity index is 684. The van der Waals surface area contributed by atoms with Crippen LogP contribution in [0.15, 0.2) is 29.2 Å². The molecule has 1 unspecified atom stereocenters. The summed E-state index contributed by atoms with van der Waals surface area (Å²) in [6.07, 6.45) is -1.15. The molecule has 0 saturated carbocycles. The minimum Gasteiger partial charge on any atom is -0.479 e. The molecule has 0 spiro atoms. The zero-order chi connectivity index (χ0) is 18.5. The molecule has 2 N–H and O–H groups in total. The van der Waals surface area contributed by atoms with Crippen LogP contribution in [0.3, 0.4) is 0 Å². The van der Waals surface area contributed by atoms with E-state index in [1.165, 1.54) is 42.7 Å². The number of nitrogens with zero attached hydrogens (tertiary/aromatic N) is 1. The van der Waals surface area contributed by atoms with Gasteiger partial charge in [-0.25, -0.2) is 13.2 Å². The summed E-state index contributed by atoms with van der Waals surface area (Å²) in [5, 5.41) is 11.3. The Morgan fingerprint density at radius 3 is 2.21 bits per heavy atom. The maximum atomic E-state index is 12.3. The van der Waals surface area contributed by atoms with Crippen LogP contribution in [-0.4, -0.2) is 62.6 Å². The van der Waals surface area contributed by atoms with E-state index in [1.807, 2.05) is 0 Å². The Labute approximate surface area is 141 Å². The molecular weight excluding hydrogens is 336 g/mol. The average molecular weight is 358 g/mol. The van der Waals surface area contributed by atoms with Crippen molar-refractivity contribution >= 4 is 21.9 Å². The SMILES string of the molecule is COC(CNC(=O)c1ccc(S(=O)(=O)N(C)C(C)C)cc1)C(=O)O. The van der Waals surface area contributed by atoms with E-state index in [0.717, 1.165) is 0 Å². The molecule has 9 heteroatoms. The number of hydrogen-bond donors (Lipinski definition) is 2. The zero-order valence-electron chi connectivity index (χ0n) is 14.0. The lowest BCUT2D eigenvalue weighted by Gasteiger charge is -2.21. The van der Waals surface area contributed by atoms with Gasteiger partial charge in [0.05, 0.1) is 11.4 Å². The fraction of sp³-hybridized carbons (Fsp3) is 0.467. The van der Waals surface area contributed by atoms with Gasteiger partial charge >= 0.3 is 5.97 Å². The van der Waals surface area contributed by atoms with Gasteiger partial charge in [-0.15, -0.1) is 0 Å². The number of carbonyl (C=O) groups is 2. The number of carbonyl (C=O) groups excluding carboxylic acids is 1. The minimum atomic E-state index is -3.62. The monoisotopic (exact) mass is 358 g/mol. The number of aliphatic carboxylic acids is 1. The maximum absolute atomic E-state index is 12.3. The second kappa shape index (κ2) is 8.22. The maximum Gasteiger partial charge on any atom is 0.334 e. The van der Waals surface area contributed by atoms with E-state index in [9.17, 15) is 18.0 Å². The van der Waals surface area contributed by atoms with E-state index in [2.05, 4.69) is 5.32 Å². The molecule has 8 nitrogen and oxygen atoms in total. The van der Waals surface area contributed by atoms with E-state index in [0.29, 0.717) is 0 Å². The van der Waals surface area contributed by atoms with Crippen molar-refractivity contribution in [1.29, 1.82) is 0 Å². The summed E-state index contributed by atoms with van der Waals surface area (Å²) in [6.45, 7) is 3.32. The van der Waals surface area contributed by atoms with Crippen molar-refractivity contribution in [3.05, 3.63) is 29.8 Å². The van der Waals surface area contributed by atoms with Crippen molar-refractivity contribution in [1.82, 2.24) is 9.62 Å². The molecule has 1 amide bonds. The lowest BCUT2D eigenvalue weighted by Crippen LogP contribution is -2.37. The van der Waals surface area contributed by atoms with Crippen molar-refractivity contribution in [3.63, 3.8) is 0 Å². The molecule has 24 heavy (non-hydrogen) atoms. The van der Waals surface area contributed by atoms with Gasteiger partial charge < -0.3 is 15.2 Å². The summed E-state index contributed by atoms with van der Waals surface area (Å²) < 4.78 is 30.6. The summed E-state index contributed by atoms with van der Waals surface area (Å²) in [4.78, 5) is 22.9. The number of amides is 1. The predicted molar refractivity (Wildman–Crippen MR) is 87.3 cm³/mol. The summed E-state index contributed by atoms with van der Waals surface area (Å²) >= 11 is 0. The molecule has 0 saturated heterocycles. The number of sulfonamides is 1. The largest absolute Gasteiger partial charge is 0.479 e. The van der Waals surface area contributed by atoms with Gasteiger partial charge in [-0.2, -0.15) is 4.31 Å². The second-order valence-electron chi connectivity index (χ2n) is 5.41. The Balaban J connectivity index is 2.84. The lowest BCUT2D eigenvalue weighted by atomic mass is 10.2. The van der Waals surface area contributed by atoms with Gasteiger partial charge in [0.15, 0.2) is 6.10 Å².